The fourth-order valence-electron chi connectivity index (χ4n) is 1.43. The number of hydrogen-bond donors (Lipinski definition) is 2. The van der Waals surface area contributed by atoms with Crippen LogP contribution >= 0.6 is 0 Å². The molecule has 1 amide bonds. The van der Waals surface area contributed by atoms with Crippen LogP contribution in [0.5, 0.6) is 0 Å². The lowest BCUT2D eigenvalue weighted by Gasteiger charge is -2.14. The Morgan fingerprint density at radius 3 is 2.56 bits per heavy atom. The third kappa shape index (κ3) is 3.07. The van der Waals surface area contributed by atoms with Gasteiger partial charge in [0.2, 0.25) is 0 Å². The van der Waals surface area contributed by atoms with E-state index in [2.05, 4.69) is 5.32 Å². The Morgan fingerprint density at radius 1 is 1.38 bits per heavy atom. The molecule has 16 heavy (non-hydrogen) atoms. The van der Waals surface area contributed by atoms with Crippen LogP contribution in [0.3, 0.4) is 0 Å². The number of rotatable bonds is 4. The monoisotopic (exact) mass is 221 g/mol. The molecule has 0 aliphatic rings. The Bertz CT molecular complexity index is 370. The summed E-state index contributed by atoms with van der Waals surface area (Å²) >= 11 is 0. The second-order valence-corrected chi connectivity index (χ2v) is 4.06. The molecular formula is C13H19NO2. The molecule has 88 valence electrons. The Kier molecular flexibility index (Phi) is 4.50. The third-order valence-corrected chi connectivity index (χ3v) is 2.82. The van der Waals surface area contributed by atoms with Crippen LogP contribution in [0.25, 0.3) is 0 Å². The number of nitrogens with one attached hydrogen (secondary N) is 1. The van der Waals surface area contributed by atoms with Crippen LogP contribution in [0.2, 0.25) is 0 Å². The molecule has 2 N–H and O–H groups in total. The number of aryl methyl sites for hydroxylation is 2. The highest BCUT2D eigenvalue weighted by Gasteiger charge is 2.11. The van der Waals surface area contributed by atoms with E-state index < -0.39 is 0 Å². The zero-order chi connectivity index (χ0) is 12.1. The zero-order valence-corrected chi connectivity index (χ0v) is 10.1. The molecule has 1 unspecified atom stereocenters. The first kappa shape index (κ1) is 12.7. The number of aliphatic hydroxyl groups is 1. The summed E-state index contributed by atoms with van der Waals surface area (Å²) in [7, 11) is 0. The molecule has 3 nitrogen and oxygen atoms in total. The molecule has 0 saturated heterocycles. The van der Waals surface area contributed by atoms with Gasteiger partial charge in [0.15, 0.2) is 0 Å². The topological polar surface area (TPSA) is 49.3 Å². The second kappa shape index (κ2) is 5.66. The van der Waals surface area contributed by atoms with Crippen LogP contribution in [0.15, 0.2) is 18.2 Å². The fraction of sp³-hybridized carbons (Fsp3) is 0.462. The normalized spacial score (nSPS) is 12.2. The van der Waals surface area contributed by atoms with Gasteiger partial charge in [0.1, 0.15) is 0 Å². The van der Waals surface area contributed by atoms with Gasteiger partial charge in [-0.05, 0) is 43.5 Å². The molecule has 0 saturated carbocycles. The standard InChI is InChI=1S/C13H19NO2/c1-4-12(8-15)14-13(16)11-6-5-9(2)10(3)7-11/h5-7,12,15H,4,8H2,1-3H3,(H,14,16). The first-order chi connectivity index (χ1) is 7.58. The summed E-state index contributed by atoms with van der Waals surface area (Å²) in [4.78, 5) is 11.8. The molecule has 1 aromatic carbocycles. The smallest absolute Gasteiger partial charge is 0.251 e. The van der Waals surface area contributed by atoms with E-state index in [0.29, 0.717) is 5.56 Å². The van der Waals surface area contributed by atoms with Crippen LogP contribution < -0.4 is 5.32 Å². The average Bonchev–Trinajstić information content (AvgIpc) is 2.29. The summed E-state index contributed by atoms with van der Waals surface area (Å²) in [6.45, 7) is 5.91. The lowest BCUT2D eigenvalue weighted by Crippen LogP contribution is -2.36. The largest absolute Gasteiger partial charge is 0.394 e. The van der Waals surface area contributed by atoms with Gasteiger partial charge >= 0.3 is 0 Å². The van der Waals surface area contributed by atoms with Crippen molar-refractivity contribution in [2.24, 2.45) is 0 Å². The molecule has 1 atom stereocenters. The first-order valence-corrected chi connectivity index (χ1v) is 5.57. The highest BCUT2D eigenvalue weighted by molar-refractivity contribution is 5.94. The number of aliphatic hydroxyl groups excluding tert-OH is 1. The van der Waals surface area contributed by atoms with Gasteiger partial charge in [-0.1, -0.05) is 13.0 Å². The van der Waals surface area contributed by atoms with Crippen LogP contribution in [0.4, 0.5) is 0 Å². The van der Waals surface area contributed by atoms with E-state index in [1.54, 1.807) is 0 Å². The maximum Gasteiger partial charge on any atom is 0.251 e. The van der Waals surface area contributed by atoms with Crippen molar-refractivity contribution in [1.29, 1.82) is 0 Å². The summed E-state index contributed by atoms with van der Waals surface area (Å²) in [5, 5.41) is 11.8. The number of carbonyl (C=O) groups is 1. The summed E-state index contributed by atoms with van der Waals surface area (Å²) in [6, 6.07) is 5.45. The maximum absolute atomic E-state index is 11.8. The molecule has 0 radical (unpaired) electrons. The highest BCUT2D eigenvalue weighted by atomic mass is 16.3. The van der Waals surface area contributed by atoms with Gasteiger partial charge in [0.25, 0.3) is 5.91 Å². The Hall–Kier alpha value is -1.35. The lowest BCUT2D eigenvalue weighted by molar-refractivity contribution is 0.0915. The van der Waals surface area contributed by atoms with E-state index in [9.17, 15) is 4.79 Å². The molecule has 3 heteroatoms. The minimum atomic E-state index is -0.158. The molecule has 0 fully saturated rings. The second-order valence-electron chi connectivity index (χ2n) is 4.06. The molecule has 1 rings (SSSR count). The summed E-state index contributed by atoms with van der Waals surface area (Å²) < 4.78 is 0. The molecule has 0 spiro atoms. The van der Waals surface area contributed by atoms with Gasteiger partial charge in [-0.2, -0.15) is 0 Å². The Morgan fingerprint density at radius 2 is 2.06 bits per heavy atom. The summed E-state index contributed by atoms with van der Waals surface area (Å²) in [5.41, 5.74) is 2.92. The predicted octanol–water partition coefficient (Wildman–Crippen LogP) is 1.80. The molecule has 0 aromatic heterocycles. The van der Waals surface area contributed by atoms with E-state index in [0.717, 1.165) is 12.0 Å². The third-order valence-electron chi connectivity index (χ3n) is 2.82. The van der Waals surface area contributed by atoms with E-state index in [4.69, 9.17) is 5.11 Å². The van der Waals surface area contributed by atoms with Crippen molar-refractivity contribution in [2.45, 2.75) is 33.2 Å². The van der Waals surface area contributed by atoms with Gasteiger partial charge in [-0.25, -0.2) is 0 Å². The summed E-state index contributed by atoms with van der Waals surface area (Å²) in [5.74, 6) is -0.121. The molecule has 0 aliphatic carbocycles. The van der Waals surface area contributed by atoms with Crippen molar-refractivity contribution in [2.75, 3.05) is 6.61 Å². The van der Waals surface area contributed by atoms with Crippen molar-refractivity contribution >= 4 is 5.91 Å². The van der Waals surface area contributed by atoms with Gasteiger partial charge in [0.05, 0.1) is 12.6 Å². The number of benzene rings is 1. The Labute approximate surface area is 96.5 Å². The summed E-state index contributed by atoms with van der Waals surface area (Å²) in [6.07, 6.45) is 0.729. The van der Waals surface area contributed by atoms with Gasteiger partial charge < -0.3 is 10.4 Å². The number of amides is 1. The maximum atomic E-state index is 11.8. The SMILES string of the molecule is CCC(CO)NC(=O)c1ccc(C)c(C)c1. The molecule has 0 aliphatic heterocycles. The van der Waals surface area contributed by atoms with E-state index in [1.165, 1.54) is 5.56 Å². The number of carbonyl (C=O) groups excluding carboxylic acids is 1. The predicted molar refractivity (Wildman–Crippen MR) is 64.5 cm³/mol. The van der Waals surface area contributed by atoms with Gasteiger partial charge in [0, 0.05) is 5.56 Å². The lowest BCUT2D eigenvalue weighted by atomic mass is 10.1. The Balaban J connectivity index is 2.76. The van der Waals surface area contributed by atoms with Crippen LogP contribution in [0, 0.1) is 13.8 Å². The van der Waals surface area contributed by atoms with Gasteiger partial charge in [-0.15, -0.1) is 0 Å². The van der Waals surface area contributed by atoms with Crippen LogP contribution in [0.1, 0.15) is 34.8 Å². The first-order valence-electron chi connectivity index (χ1n) is 5.57. The number of hydrogen-bond acceptors (Lipinski definition) is 2. The van der Waals surface area contributed by atoms with Crippen molar-refractivity contribution in [3.05, 3.63) is 34.9 Å². The highest BCUT2D eigenvalue weighted by Crippen LogP contribution is 2.10. The minimum absolute atomic E-state index is 0.0208. The molecular weight excluding hydrogens is 202 g/mol. The van der Waals surface area contributed by atoms with Crippen molar-refractivity contribution < 1.29 is 9.90 Å². The fourth-order valence-corrected chi connectivity index (χ4v) is 1.43. The van der Waals surface area contributed by atoms with Crippen molar-refractivity contribution in [3.8, 4) is 0 Å². The zero-order valence-electron chi connectivity index (χ0n) is 10.1. The molecule has 1 aromatic rings. The van der Waals surface area contributed by atoms with Crippen LogP contribution in [-0.2, 0) is 0 Å². The molecule has 0 heterocycles. The van der Waals surface area contributed by atoms with E-state index >= 15 is 0 Å². The molecule has 0 bridgehead atoms. The van der Waals surface area contributed by atoms with Crippen molar-refractivity contribution in [3.63, 3.8) is 0 Å². The quantitative estimate of drug-likeness (QED) is 0.814. The van der Waals surface area contributed by atoms with Gasteiger partial charge in [-0.3, -0.25) is 4.79 Å². The van der Waals surface area contributed by atoms with E-state index in [1.807, 2.05) is 39.0 Å². The van der Waals surface area contributed by atoms with Crippen LogP contribution in [-0.4, -0.2) is 23.7 Å². The van der Waals surface area contributed by atoms with Crippen molar-refractivity contribution in [1.82, 2.24) is 5.32 Å². The minimum Gasteiger partial charge on any atom is -0.394 e. The average molecular weight is 221 g/mol. The van der Waals surface area contributed by atoms with E-state index in [-0.39, 0.29) is 18.6 Å².